The van der Waals surface area contributed by atoms with Crippen molar-refractivity contribution in [1.82, 2.24) is 14.5 Å². The molecule has 3 aromatic rings. The van der Waals surface area contributed by atoms with Crippen LogP contribution in [0.25, 0.3) is 0 Å². The predicted octanol–water partition coefficient (Wildman–Crippen LogP) is 5.11. The monoisotopic (exact) mass is 478 g/mol. The molecule has 1 fully saturated rings. The molecule has 6 nitrogen and oxygen atoms in total. The number of anilines is 1. The average molecular weight is 480 g/mol. The molecular formula is C22H21Cl3N4O2. The summed E-state index contributed by atoms with van der Waals surface area (Å²) in [6, 6.07) is 13.6. The van der Waals surface area contributed by atoms with Crippen molar-refractivity contribution in [1.29, 1.82) is 0 Å². The van der Waals surface area contributed by atoms with Crippen LogP contribution in [0.1, 0.15) is 22.1 Å². The van der Waals surface area contributed by atoms with Gasteiger partial charge in [0.1, 0.15) is 0 Å². The number of carboxylic acids is 1. The molecule has 0 unspecified atom stereocenters. The number of aromatic nitrogens is 2. The van der Waals surface area contributed by atoms with E-state index in [1.54, 1.807) is 18.6 Å². The van der Waals surface area contributed by atoms with Gasteiger partial charge < -0.3 is 14.6 Å². The third-order valence-corrected chi connectivity index (χ3v) is 6.26. The van der Waals surface area contributed by atoms with E-state index in [1.165, 1.54) is 0 Å². The lowest BCUT2D eigenvalue weighted by Gasteiger charge is -2.43. The number of carbonyl (C=O) groups is 1. The highest BCUT2D eigenvalue weighted by molar-refractivity contribution is 6.36. The van der Waals surface area contributed by atoms with Crippen LogP contribution in [0.4, 0.5) is 5.69 Å². The van der Waals surface area contributed by atoms with Crippen LogP contribution in [0.2, 0.25) is 15.1 Å². The SMILES string of the molecule is O=C(O)c1cn(CCN2CCN(c3ccc(Cl)cc3Cl)[C@H](c3ccc(Cl)cc3)C2)cn1. The second kappa shape index (κ2) is 9.49. The number of hydrogen-bond acceptors (Lipinski definition) is 4. The molecule has 0 spiro atoms. The summed E-state index contributed by atoms with van der Waals surface area (Å²) in [7, 11) is 0. The number of carboxylic acid groups (broad SMARTS) is 1. The molecule has 1 saturated heterocycles. The number of piperazine rings is 1. The molecule has 1 atom stereocenters. The number of aromatic carboxylic acids is 1. The van der Waals surface area contributed by atoms with E-state index in [4.69, 9.17) is 39.9 Å². The quantitative estimate of drug-likeness (QED) is 0.533. The van der Waals surface area contributed by atoms with Crippen molar-refractivity contribution in [2.75, 3.05) is 31.1 Å². The fourth-order valence-electron chi connectivity index (χ4n) is 3.87. The van der Waals surface area contributed by atoms with Crippen LogP contribution in [0.5, 0.6) is 0 Å². The highest BCUT2D eigenvalue weighted by Gasteiger charge is 2.29. The molecular weight excluding hydrogens is 459 g/mol. The molecule has 31 heavy (non-hydrogen) atoms. The first-order valence-electron chi connectivity index (χ1n) is 9.85. The zero-order valence-electron chi connectivity index (χ0n) is 16.6. The number of imidazole rings is 1. The molecule has 1 N–H and O–H groups in total. The summed E-state index contributed by atoms with van der Waals surface area (Å²) >= 11 is 18.7. The first kappa shape index (κ1) is 22.0. The Morgan fingerprint density at radius 2 is 1.77 bits per heavy atom. The molecule has 0 amide bonds. The summed E-state index contributed by atoms with van der Waals surface area (Å²) in [5.41, 5.74) is 2.16. The molecule has 1 aliphatic rings. The van der Waals surface area contributed by atoms with Gasteiger partial charge in [-0.2, -0.15) is 0 Å². The van der Waals surface area contributed by atoms with Gasteiger partial charge in [-0.15, -0.1) is 0 Å². The minimum atomic E-state index is -1.02. The third kappa shape index (κ3) is 5.15. The Labute approximate surface area is 195 Å². The van der Waals surface area contributed by atoms with Gasteiger partial charge in [0.05, 0.1) is 23.1 Å². The van der Waals surface area contributed by atoms with Gasteiger partial charge in [-0.05, 0) is 35.9 Å². The van der Waals surface area contributed by atoms with Crippen LogP contribution in [0, 0.1) is 0 Å². The van der Waals surface area contributed by atoms with Crippen molar-refractivity contribution in [3.63, 3.8) is 0 Å². The van der Waals surface area contributed by atoms with Gasteiger partial charge in [0.15, 0.2) is 5.69 Å². The third-order valence-electron chi connectivity index (χ3n) is 5.47. The van der Waals surface area contributed by atoms with E-state index < -0.39 is 5.97 Å². The smallest absolute Gasteiger partial charge is 0.356 e. The average Bonchev–Trinajstić information content (AvgIpc) is 3.23. The van der Waals surface area contributed by atoms with E-state index in [9.17, 15) is 4.79 Å². The maximum Gasteiger partial charge on any atom is 0.356 e. The molecule has 1 aromatic heterocycles. The van der Waals surface area contributed by atoms with Crippen molar-refractivity contribution in [3.05, 3.63) is 81.3 Å². The Hall–Kier alpha value is -2.25. The standard InChI is InChI=1S/C22H21Cl3N4O2/c23-16-3-1-15(2-4-16)21-13-27(7-8-28-12-19(22(30)31)26-14-28)9-10-29(21)20-6-5-17(24)11-18(20)25/h1-6,11-12,14,21H,7-10,13H2,(H,30,31)/t21-/m0/s1. The van der Waals surface area contributed by atoms with Crippen molar-refractivity contribution in [3.8, 4) is 0 Å². The second-order valence-corrected chi connectivity index (χ2v) is 8.74. The fourth-order valence-corrected chi connectivity index (χ4v) is 4.51. The van der Waals surface area contributed by atoms with E-state index in [1.807, 2.05) is 41.0 Å². The van der Waals surface area contributed by atoms with Crippen molar-refractivity contribution < 1.29 is 9.90 Å². The number of benzene rings is 2. The van der Waals surface area contributed by atoms with Crippen molar-refractivity contribution in [2.24, 2.45) is 0 Å². The lowest BCUT2D eigenvalue weighted by Crippen LogP contribution is -2.49. The Balaban J connectivity index is 1.53. The van der Waals surface area contributed by atoms with Crippen LogP contribution in [0.3, 0.4) is 0 Å². The number of hydrogen-bond donors (Lipinski definition) is 1. The van der Waals surface area contributed by atoms with Crippen molar-refractivity contribution >= 4 is 46.5 Å². The molecule has 2 heterocycles. The molecule has 9 heteroatoms. The minimum absolute atomic E-state index is 0.0567. The number of halogens is 3. The summed E-state index contributed by atoms with van der Waals surface area (Å²) in [4.78, 5) is 19.6. The highest BCUT2D eigenvalue weighted by Crippen LogP contribution is 2.36. The van der Waals surface area contributed by atoms with Gasteiger partial charge >= 0.3 is 5.97 Å². The van der Waals surface area contributed by atoms with Gasteiger partial charge in [-0.3, -0.25) is 4.90 Å². The second-order valence-electron chi connectivity index (χ2n) is 7.46. The van der Waals surface area contributed by atoms with Crippen LogP contribution in [-0.4, -0.2) is 51.7 Å². The summed E-state index contributed by atoms with van der Waals surface area (Å²) in [6.45, 7) is 3.88. The Kier molecular flexibility index (Phi) is 6.72. The number of nitrogens with zero attached hydrogens (tertiary/aromatic N) is 4. The lowest BCUT2D eigenvalue weighted by atomic mass is 10.0. The first-order valence-corrected chi connectivity index (χ1v) is 11.0. The first-order chi connectivity index (χ1) is 14.9. The van der Waals surface area contributed by atoms with Crippen LogP contribution in [0.15, 0.2) is 55.0 Å². The maximum absolute atomic E-state index is 11.0. The van der Waals surface area contributed by atoms with Crippen LogP contribution in [-0.2, 0) is 6.54 Å². The molecule has 4 rings (SSSR count). The largest absolute Gasteiger partial charge is 0.476 e. The molecule has 1 aliphatic heterocycles. The zero-order valence-corrected chi connectivity index (χ0v) is 18.9. The molecule has 162 valence electrons. The Morgan fingerprint density at radius 3 is 2.45 bits per heavy atom. The van der Waals surface area contributed by atoms with Gasteiger partial charge in [0.25, 0.3) is 0 Å². The Morgan fingerprint density at radius 1 is 1.03 bits per heavy atom. The van der Waals surface area contributed by atoms with Gasteiger partial charge in [-0.1, -0.05) is 46.9 Å². The van der Waals surface area contributed by atoms with E-state index in [2.05, 4.69) is 14.8 Å². The van der Waals surface area contributed by atoms with Crippen LogP contribution < -0.4 is 4.90 Å². The summed E-state index contributed by atoms with van der Waals surface area (Å²) in [5.74, 6) is -1.02. The Bertz CT molecular complexity index is 1070. The maximum atomic E-state index is 11.0. The topological polar surface area (TPSA) is 61.6 Å². The van der Waals surface area contributed by atoms with E-state index >= 15 is 0 Å². The predicted molar refractivity (Wildman–Crippen MR) is 124 cm³/mol. The fraction of sp³-hybridized carbons (Fsp3) is 0.273. The summed E-state index contributed by atoms with van der Waals surface area (Å²) < 4.78 is 1.81. The van der Waals surface area contributed by atoms with Gasteiger partial charge in [-0.25, -0.2) is 9.78 Å². The minimum Gasteiger partial charge on any atom is -0.476 e. The number of rotatable bonds is 6. The van der Waals surface area contributed by atoms with Crippen molar-refractivity contribution in [2.45, 2.75) is 12.6 Å². The highest BCUT2D eigenvalue weighted by atomic mass is 35.5. The van der Waals surface area contributed by atoms with Crippen LogP contribution >= 0.6 is 34.8 Å². The lowest BCUT2D eigenvalue weighted by molar-refractivity contribution is 0.0691. The zero-order chi connectivity index (χ0) is 22.0. The summed E-state index contributed by atoms with van der Waals surface area (Å²) in [6.07, 6.45) is 3.12. The van der Waals surface area contributed by atoms with Gasteiger partial charge in [0.2, 0.25) is 0 Å². The summed E-state index contributed by atoms with van der Waals surface area (Å²) in [5, 5.41) is 11.0. The normalized spacial score (nSPS) is 17.1. The van der Waals surface area contributed by atoms with E-state index in [0.29, 0.717) is 21.6 Å². The molecule has 0 bridgehead atoms. The molecule has 0 aliphatic carbocycles. The van der Waals surface area contributed by atoms with E-state index in [0.717, 1.165) is 37.4 Å². The van der Waals surface area contributed by atoms with E-state index in [-0.39, 0.29) is 11.7 Å². The van der Waals surface area contributed by atoms with Gasteiger partial charge in [0, 0.05) is 49.0 Å². The molecule has 2 aromatic carbocycles. The molecule has 0 radical (unpaired) electrons. The molecule has 0 saturated carbocycles.